The minimum absolute atomic E-state index is 0.274. The highest BCUT2D eigenvalue weighted by Gasteiger charge is 2.16. The van der Waals surface area contributed by atoms with Gasteiger partial charge in [-0.3, -0.25) is 0 Å². The fourth-order valence-corrected chi connectivity index (χ4v) is 0.387. The Balaban J connectivity index is 3.00. The Labute approximate surface area is 41.9 Å². The summed E-state index contributed by atoms with van der Waals surface area (Å²) in [4.78, 5) is 0. The summed E-state index contributed by atoms with van der Waals surface area (Å²) in [6, 6.07) is 0. The Hall–Kier alpha value is -0.0200. The molecule has 0 aliphatic heterocycles. The lowest BCUT2D eigenvalue weighted by molar-refractivity contribution is -0.141. The molecule has 0 radical (unpaired) electrons. The van der Waals surface area contributed by atoms with Gasteiger partial charge in [0.1, 0.15) is 6.61 Å². The zero-order valence-electron chi connectivity index (χ0n) is 3.83. The van der Waals surface area contributed by atoms with Crippen molar-refractivity contribution in [1.82, 2.24) is 0 Å². The van der Waals surface area contributed by atoms with Crippen molar-refractivity contribution in [3.63, 3.8) is 0 Å². The Morgan fingerprint density at radius 3 is 2.57 bits per heavy atom. The van der Waals surface area contributed by atoms with Crippen LogP contribution in [0.2, 0.25) is 0 Å². The highest BCUT2D eigenvalue weighted by molar-refractivity contribution is 7.33. The summed E-state index contributed by atoms with van der Waals surface area (Å²) < 4.78 is 17.4. The lowest BCUT2D eigenvalue weighted by Crippen LogP contribution is -1.77. The summed E-state index contributed by atoms with van der Waals surface area (Å²) in [5.41, 5.74) is 0. The van der Waals surface area contributed by atoms with E-state index in [1.807, 2.05) is 0 Å². The highest BCUT2D eigenvalue weighted by Crippen LogP contribution is 2.19. The molecule has 7 heavy (non-hydrogen) atoms. The first-order valence-corrected chi connectivity index (χ1v) is 2.82. The second kappa shape index (κ2) is 4.15. The first kappa shape index (κ1) is 6.98. The predicted molar refractivity (Wildman–Crippen MR) is 22.9 cm³/mol. The van der Waals surface area contributed by atoms with E-state index in [0.717, 1.165) is 0 Å². The van der Waals surface area contributed by atoms with Crippen molar-refractivity contribution in [1.29, 1.82) is 0 Å². The molecule has 0 aromatic rings. The van der Waals surface area contributed by atoms with Crippen LogP contribution in [0.25, 0.3) is 0 Å². The molecule has 0 rings (SSSR count). The van der Waals surface area contributed by atoms with E-state index >= 15 is 0 Å². The van der Waals surface area contributed by atoms with E-state index < -0.39 is 8.25 Å². The van der Waals surface area contributed by atoms with Crippen LogP contribution in [0, 0.1) is 0 Å². The van der Waals surface area contributed by atoms with Crippen LogP contribution in [0.3, 0.4) is 0 Å². The van der Waals surface area contributed by atoms with Gasteiger partial charge in [0.25, 0.3) is 0 Å². The Bertz CT molecular complexity index is 62.7. The minimum atomic E-state index is -2.27. The Morgan fingerprint density at radius 2 is 2.43 bits per heavy atom. The molecule has 5 heteroatoms. The van der Waals surface area contributed by atoms with Gasteiger partial charge in [-0.2, -0.15) is 0 Å². The van der Waals surface area contributed by atoms with Crippen LogP contribution in [0.5, 0.6) is 0 Å². The first-order chi connectivity index (χ1) is 3.31. The van der Waals surface area contributed by atoms with Crippen molar-refractivity contribution in [2.45, 2.75) is 6.92 Å². The van der Waals surface area contributed by atoms with Gasteiger partial charge < -0.3 is 0 Å². The molecule has 0 saturated carbocycles. The van der Waals surface area contributed by atoms with E-state index in [1.165, 1.54) is 0 Å². The summed E-state index contributed by atoms with van der Waals surface area (Å²) in [5, 5.41) is 7.56. The second-order valence-corrected chi connectivity index (χ2v) is 1.59. The lowest BCUT2D eigenvalue weighted by Gasteiger charge is -1.72. The van der Waals surface area contributed by atoms with Gasteiger partial charge in [-0.15, -0.1) is 4.52 Å². The lowest BCUT2D eigenvalue weighted by atomic mass is 10.9. The number of hydrogen-bond acceptors (Lipinski definition) is 4. The van der Waals surface area contributed by atoms with Gasteiger partial charge in [-0.25, -0.2) is 5.26 Å². The van der Waals surface area contributed by atoms with Crippen LogP contribution in [0.15, 0.2) is 0 Å². The minimum Gasteiger partial charge on any atom is -0.202 e. The Morgan fingerprint density at radius 1 is 1.86 bits per heavy atom. The van der Waals surface area contributed by atoms with Crippen LogP contribution >= 0.6 is 8.25 Å². The van der Waals surface area contributed by atoms with Crippen molar-refractivity contribution in [3.8, 4) is 0 Å². The van der Waals surface area contributed by atoms with Crippen molar-refractivity contribution in [2.24, 2.45) is 0 Å². The average Bonchev–Trinajstić information content (AvgIpc) is 1.68. The molecule has 1 atom stereocenters. The van der Waals surface area contributed by atoms with Gasteiger partial charge in [0.05, 0.1) is 4.67 Å². The summed E-state index contributed by atoms with van der Waals surface area (Å²) >= 11 is 0. The van der Waals surface area contributed by atoms with E-state index in [4.69, 9.17) is 5.26 Å². The van der Waals surface area contributed by atoms with Crippen LogP contribution in [-0.4, -0.2) is 11.9 Å². The van der Waals surface area contributed by atoms with Crippen molar-refractivity contribution < 1.29 is 19.0 Å². The van der Waals surface area contributed by atoms with Gasteiger partial charge in [0.15, 0.2) is 0 Å². The predicted octanol–water partition coefficient (Wildman–Crippen LogP) is 1.17. The Kier molecular flexibility index (Phi) is 4.14. The standard InChI is InChI=1S/C2H5O4P/c1-2-5-7(4)6-3/h2H2,1H3/p+1. The van der Waals surface area contributed by atoms with E-state index in [-0.39, 0.29) is 6.61 Å². The molecule has 1 unspecified atom stereocenters. The molecule has 0 fully saturated rings. The molecule has 42 valence electrons. The van der Waals surface area contributed by atoms with Gasteiger partial charge >= 0.3 is 8.25 Å². The molecule has 0 aromatic heterocycles. The van der Waals surface area contributed by atoms with Crippen molar-refractivity contribution >= 4 is 8.25 Å². The van der Waals surface area contributed by atoms with Gasteiger partial charge in [-0.1, -0.05) is 0 Å². The zero-order valence-corrected chi connectivity index (χ0v) is 4.72. The van der Waals surface area contributed by atoms with Gasteiger partial charge in [0.2, 0.25) is 0 Å². The van der Waals surface area contributed by atoms with Crippen molar-refractivity contribution in [3.05, 3.63) is 0 Å². The molecule has 4 nitrogen and oxygen atoms in total. The molecule has 0 aromatic carbocycles. The third-order valence-corrected chi connectivity index (χ3v) is 0.904. The van der Waals surface area contributed by atoms with Gasteiger partial charge in [0, 0.05) is 4.57 Å². The summed E-state index contributed by atoms with van der Waals surface area (Å²) in [6.07, 6.45) is 0. The smallest absolute Gasteiger partial charge is 0.202 e. The molecule has 0 aliphatic carbocycles. The number of hydrogen-bond donors (Lipinski definition) is 1. The van der Waals surface area contributed by atoms with E-state index in [9.17, 15) is 4.57 Å². The molecular weight excluding hydrogens is 119 g/mol. The molecule has 0 spiro atoms. The largest absolute Gasteiger partial charge is 0.728 e. The zero-order chi connectivity index (χ0) is 5.70. The van der Waals surface area contributed by atoms with E-state index in [0.29, 0.717) is 0 Å². The topological polar surface area (TPSA) is 55.8 Å². The molecule has 0 heterocycles. The fraction of sp³-hybridized carbons (Fsp3) is 1.00. The summed E-state index contributed by atoms with van der Waals surface area (Å²) in [6.45, 7) is 1.92. The molecule has 0 saturated heterocycles. The third kappa shape index (κ3) is 3.82. The summed E-state index contributed by atoms with van der Waals surface area (Å²) in [7, 11) is -2.27. The van der Waals surface area contributed by atoms with Crippen molar-refractivity contribution in [2.75, 3.05) is 6.61 Å². The molecular formula is C2H6O4P+. The van der Waals surface area contributed by atoms with E-state index in [2.05, 4.69) is 9.20 Å². The second-order valence-electron chi connectivity index (χ2n) is 0.723. The van der Waals surface area contributed by atoms with Crippen LogP contribution in [0.1, 0.15) is 6.92 Å². The first-order valence-electron chi connectivity index (χ1n) is 1.73. The molecule has 0 bridgehead atoms. The van der Waals surface area contributed by atoms with Crippen LogP contribution < -0.4 is 0 Å². The monoisotopic (exact) mass is 125 g/mol. The maximum Gasteiger partial charge on any atom is 0.728 e. The maximum atomic E-state index is 9.87. The average molecular weight is 125 g/mol. The van der Waals surface area contributed by atoms with Crippen LogP contribution in [-0.2, 0) is 13.8 Å². The van der Waals surface area contributed by atoms with Gasteiger partial charge in [-0.05, 0) is 6.92 Å². The maximum absolute atomic E-state index is 9.87. The van der Waals surface area contributed by atoms with E-state index in [1.54, 1.807) is 6.92 Å². The molecule has 1 N–H and O–H groups in total. The number of rotatable bonds is 3. The molecule has 0 amide bonds. The normalized spacial score (nSPS) is 11.4. The fourth-order valence-electron chi connectivity index (χ4n) is 0.129. The SMILES string of the molecule is CCO[P+](=O)OO. The third-order valence-electron chi connectivity index (χ3n) is 0.301. The quantitative estimate of drug-likeness (QED) is 0.349. The summed E-state index contributed by atoms with van der Waals surface area (Å²) in [5.74, 6) is 0. The molecule has 0 aliphatic rings. The van der Waals surface area contributed by atoms with Crippen LogP contribution in [0.4, 0.5) is 0 Å². The highest BCUT2D eigenvalue weighted by atomic mass is 31.1.